The molecule has 2 N–H and O–H groups in total. The molecule has 0 saturated heterocycles. The number of carbonyl (C=O) groups is 1. The first kappa shape index (κ1) is 18.7. The van der Waals surface area contributed by atoms with Gasteiger partial charge in [0, 0.05) is 5.56 Å². The highest BCUT2D eigenvalue weighted by Crippen LogP contribution is 2.18. The minimum Gasteiger partial charge on any atom is -0.492 e. The topological polar surface area (TPSA) is 84.5 Å². The van der Waals surface area contributed by atoms with Crippen LogP contribution in [0.2, 0.25) is 0 Å². The summed E-state index contributed by atoms with van der Waals surface area (Å²) >= 11 is 0. The molecule has 0 saturated carbocycles. The number of sulfonamides is 1. The Labute approximate surface area is 146 Å². The summed E-state index contributed by atoms with van der Waals surface area (Å²) in [6, 6.07) is 10.3. The zero-order valence-corrected chi connectivity index (χ0v) is 14.7. The molecule has 134 valence electrons. The highest BCUT2D eigenvalue weighted by molar-refractivity contribution is 7.92. The molecule has 1 amide bonds. The zero-order chi connectivity index (χ0) is 18.4. The Hall–Kier alpha value is -2.61. The summed E-state index contributed by atoms with van der Waals surface area (Å²) in [5.41, 5.74) is 1.40. The number of rotatable bonds is 7. The maximum atomic E-state index is 12.8. The fraction of sp³-hybridized carbons (Fsp3) is 0.235. The third-order valence-corrected chi connectivity index (χ3v) is 3.86. The van der Waals surface area contributed by atoms with E-state index in [2.05, 4.69) is 10.0 Å². The number of benzene rings is 2. The molecule has 0 aromatic heterocycles. The Morgan fingerprint density at radius 3 is 2.48 bits per heavy atom. The molecule has 2 aromatic rings. The first-order valence-electron chi connectivity index (χ1n) is 7.49. The monoisotopic (exact) mass is 366 g/mol. The van der Waals surface area contributed by atoms with Crippen LogP contribution in [0.3, 0.4) is 0 Å². The lowest BCUT2D eigenvalue weighted by Gasteiger charge is -2.11. The van der Waals surface area contributed by atoms with Gasteiger partial charge in [-0.3, -0.25) is 9.52 Å². The van der Waals surface area contributed by atoms with Crippen molar-refractivity contribution in [1.29, 1.82) is 0 Å². The first-order chi connectivity index (χ1) is 11.7. The van der Waals surface area contributed by atoms with Crippen LogP contribution in [0.25, 0.3) is 0 Å². The maximum absolute atomic E-state index is 12.8. The van der Waals surface area contributed by atoms with Crippen LogP contribution in [0.4, 0.5) is 10.1 Å². The molecule has 0 atom stereocenters. The van der Waals surface area contributed by atoms with Crippen LogP contribution in [0, 0.1) is 12.7 Å². The molecule has 2 aromatic carbocycles. The molecule has 0 fully saturated rings. The maximum Gasteiger partial charge on any atom is 0.251 e. The van der Waals surface area contributed by atoms with Crippen molar-refractivity contribution in [3.05, 3.63) is 59.4 Å². The summed E-state index contributed by atoms with van der Waals surface area (Å²) in [4.78, 5) is 12.1. The van der Waals surface area contributed by atoms with Crippen LogP contribution in [0.1, 0.15) is 15.9 Å². The summed E-state index contributed by atoms with van der Waals surface area (Å²) in [7, 11) is -3.43. The number of aryl methyl sites for hydroxylation is 1. The van der Waals surface area contributed by atoms with Crippen LogP contribution in [-0.2, 0) is 10.0 Å². The molecule has 0 aliphatic rings. The van der Waals surface area contributed by atoms with Gasteiger partial charge >= 0.3 is 0 Å². The molecule has 0 aliphatic heterocycles. The number of amides is 1. The van der Waals surface area contributed by atoms with Crippen LogP contribution in [0.15, 0.2) is 42.5 Å². The molecule has 0 radical (unpaired) electrons. The molecule has 8 heteroatoms. The predicted molar refractivity (Wildman–Crippen MR) is 93.9 cm³/mol. The van der Waals surface area contributed by atoms with Crippen LogP contribution in [-0.4, -0.2) is 33.7 Å². The third-order valence-electron chi connectivity index (χ3n) is 3.27. The van der Waals surface area contributed by atoms with Gasteiger partial charge in [-0.25, -0.2) is 12.8 Å². The van der Waals surface area contributed by atoms with Gasteiger partial charge < -0.3 is 10.1 Å². The van der Waals surface area contributed by atoms with Gasteiger partial charge in [0.25, 0.3) is 5.91 Å². The van der Waals surface area contributed by atoms with Crippen molar-refractivity contribution >= 4 is 21.6 Å². The van der Waals surface area contributed by atoms with Crippen molar-refractivity contribution in [2.45, 2.75) is 6.92 Å². The van der Waals surface area contributed by atoms with Crippen LogP contribution < -0.4 is 14.8 Å². The lowest BCUT2D eigenvalue weighted by Crippen LogP contribution is -2.28. The van der Waals surface area contributed by atoms with E-state index in [9.17, 15) is 17.6 Å². The lowest BCUT2D eigenvalue weighted by molar-refractivity contribution is 0.0947. The zero-order valence-electron chi connectivity index (χ0n) is 13.9. The smallest absolute Gasteiger partial charge is 0.251 e. The molecule has 0 aliphatic carbocycles. The number of nitrogens with one attached hydrogen (secondary N) is 2. The largest absolute Gasteiger partial charge is 0.492 e. The van der Waals surface area contributed by atoms with Gasteiger partial charge in [0.05, 0.1) is 18.5 Å². The summed E-state index contributed by atoms with van der Waals surface area (Å²) in [6.45, 7) is 2.21. The molecular formula is C17H19FN2O4S. The van der Waals surface area contributed by atoms with E-state index in [4.69, 9.17) is 4.74 Å². The van der Waals surface area contributed by atoms with Crippen molar-refractivity contribution < 1.29 is 22.3 Å². The van der Waals surface area contributed by atoms with E-state index >= 15 is 0 Å². The minimum absolute atomic E-state index is 0.220. The Bertz CT molecular complexity index is 851. The second-order valence-electron chi connectivity index (χ2n) is 5.46. The summed E-state index contributed by atoms with van der Waals surface area (Å²) in [6.07, 6.45) is 1.05. The molecular weight excluding hydrogens is 347 g/mol. The SMILES string of the molecule is Cc1ccc(C(=O)NCCOc2ccc(F)cc2)cc1NS(C)(=O)=O. The Balaban J connectivity index is 1.90. The Morgan fingerprint density at radius 2 is 1.84 bits per heavy atom. The fourth-order valence-corrected chi connectivity index (χ4v) is 2.66. The number of hydrogen-bond donors (Lipinski definition) is 2. The van der Waals surface area contributed by atoms with E-state index in [-0.39, 0.29) is 24.9 Å². The van der Waals surface area contributed by atoms with E-state index in [1.807, 2.05) is 0 Å². The van der Waals surface area contributed by atoms with Gasteiger partial charge in [-0.05, 0) is 48.9 Å². The highest BCUT2D eigenvalue weighted by atomic mass is 32.2. The fourth-order valence-electron chi connectivity index (χ4n) is 2.04. The number of ether oxygens (including phenoxy) is 1. The molecule has 0 bridgehead atoms. The van der Waals surface area contributed by atoms with E-state index in [0.29, 0.717) is 22.6 Å². The number of anilines is 1. The average molecular weight is 366 g/mol. The van der Waals surface area contributed by atoms with Crippen molar-refractivity contribution in [2.75, 3.05) is 24.1 Å². The Morgan fingerprint density at radius 1 is 1.16 bits per heavy atom. The molecule has 6 nitrogen and oxygen atoms in total. The van der Waals surface area contributed by atoms with Gasteiger partial charge in [0.2, 0.25) is 10.0 Å². The van der Waals surface area contributed by atoms with Gasteiger partial charge in [-0.1, -0.05) is 6.07 Å². The summed E-state index contributed by atoms with van der Waals surface area (Å²) < 4.78 is 43.2. The van der Waals surface area contributed by atoms with Crippen molar-refractivity contribution in [3.8, 4) is 5.75 Å². The van der Waals surface area contributed by atoms with Crippen molar-refractivity contribution in [1.82, 2.24) is 5.32 Å². The van der Waals surface area contributed by atoms with E-state index < -0.39 is 10.0 Å². The molecule has 0 unspecified atom stereocenters. The van der Waals surface area contributed by atoms with E-state index in [1.54, 1.807) is 19.1 Å². The quantitative estimate of drug-likeness (QED) is 0.737. The van der Waals surface area contributed by atoms with Crippen molar-refractivity contribution in [2.24, 2.45) is 0 Å². The van der Waals surface area contributed by atoms with Crippen molar-refractivity contribution in [3.63, 3.8) is 0 Å². The molecule has 0 spiro atoms. The van der Waals surface area contributed by atoms with Gasteiger partial charge in [-0.2, -0.15) is 0 Å². The Kier molecular flexibility index (Phi) is 5.97. The molecule has 25 heavy (non-hydrogen) atoms. The first-order valence-corrected chi connectivity index (χ1v) is 9.39. The predicted octanol–water partition coefficient (Wildman–Crippen LogP) is 2.31. The van der Waals surface area contributed by atoms with E-state index in [0.717, 1.165) is 6.26 Å². The van der Waals surface area contributed by atoms with Gasteiger partial charge in [0.15, 0.2) is 0 Å². The average Bonchev–Trinajstić information content (AvgIpc) is 2.54. The third kappa shape index (κ3) is 6.07. The summed E-state index contributed by atoms with van der Waals surface area (Å²) in [5.74, 6) is -0.191. The van der Waals surface area contributed by atoms with Gasteiger partial charge in [-0.15, -0.1) is 0 Å². The minimum atomic E-state index is -3.43. The van der Waals surface area contributed by atoms with E-state index in [1.165, 1.54) is 30.3 Å². The standard InChI is InChI=1S/C17H19FN2O4S/c1-12-3-4-13(11-16(12)20-25(2,22)23)17(21)19-9-10-24-15-7-5-14(18)6-8-15/h3-8,11,20H,9-10H2,1-2H3,(H,19,21). The number of halogens is 1. The number of carbonyl (C=O) groups excluding carboxylic acids is 1. The number of hydrogen-bond acceptors (Lipinski definition) is 4. The van der Waals surface area contributed by atoms with Crippen LogP contribution >= 0.6 is 0 Å². The van der Waals surface area contributed by atoms with Gasteiger partial charge in [0.1, 0.15) is 18.2 Å². The second-order valence-corrected chi connectivity index (χ2v) is 7.21. The summed E-state index contributed by atoms with van der Waals surface area (Å²) in [5, 5.41) is 2.67. The highest BCUT2D eigenvalue weighted by Gasteiger charge is 2.10. The molecule has 0 heterocycles. The van der Waals surface area contributed by atoms with Crippen LogP contribution in [0.5, 0.6) is 5.75 Å². The normalized spacial score (nSPS) is 11.0. The second kappa shape index (κ2) is 7.98. The molecule has 2 rings (SSSR count). The lowest BCUT2D eigenvalue weighted by atomic mass is 10.1.